The lowest BCUT2D eigenvalue weighted by atomic mass is 10.2. The van der Waals surface area contributed by atoms with Crippen molar-refractivity contribution in [2.75, 3.05) is 0 Å². The van der Waals surface area contributed by atoms with Gasteiger partial charge in [-0.25, -0.2) is 0 Å². The molecule has 0 radical (unpaired) electrons. The van der Waals surface area contributed by atoms with E-state index in [-0.39, 0.29) is 10.9 Å². The average molecular weight is 232 g/mol. The molecule has 0 saturated carbocycles. The molecule has 0 amide bonds. The van der Waals surface area contributed by atoms with E-state index in [9.17, 15) is 8.78 Å². The summed E-state index contributed by atoms with van der Waals surface area (Å²) in [5.74, 6) is 0.472. The Hall–Kier alpha value is -1.30. The van der Waals surface area contributed by atoms with E-state index in [2.05, 4.69) is 4.74 Å². The first-order valence-corrected chi connectivity index (χ1v) is 5.07. The molecular weight excluding hydrogens is 222 g/mol. The summed E-state index contributed by atoms with van der Waals surface area (Å²) in [5.41, 5.74) is 5.74. The van der Waals surface area contributed by atoms with Crippen LogP contribution < -0.4 is 10.5 Å². The zero-order valence-electron chi connectivity index (χ0n) is 7.74. The number of nitrogens with one attached hydrogen (secondary N) is 1. The molecule has 0 spiro atoms. The predicted molar refractivity (Wildman–Crippen MR) is 56.3 cm³/mol. The fourth-order valence-electron chi connectivity index (χ4n) is 0.990. The van der Waals surface area contributed by atoms with E-state index in [1.54, 1.807) is 18.2 Å². The molecule has 6 heteroatoms. The smallest absolute Gasteiger partial charge is 0.387 e. The van der Waals surface area contributed by atoms with Crippen molar-refractivity contribution in [2.24, 2.45) is 5.73 Å². The van der Waals surface area contributed by atoms with Gasteiger partial charge in [-0.1, -0.05) is 30.0 Å². The topological polar surface area (TPSA) is 59.1 Å². The Labute approximate surface area is 90.1 Å². The lowest BCUT2D eigenvalue weighted by Gasteiger charge is -2.09. The molecule has 0 aliphatic carbocycles. The third kappa shape index (κ3) is 4.16. The van der Waals surface area contributed by atoms with Crippen LogP contribution in [0.25, 0.3) is 0 Å². The van der Waals surface area contributed by atoms with Crippen molar-refractivity contribution in [3.63, 3.8) is 0 Å². The highest BCUT2D eigenvalue weighted by Crippen LogP contribution is 2.24. The van der Waals surface area contributed by atoms with Crippen LogP contribution in [0.5, 0.6) is 5.75 Å². The number of hydrogen-bond donors (Lipinski definition) is 2. The number of halogens is 2. The standard InChI is InChI=1S/C9H10F2N2OS/c10-8(11)14-7-4-2-1-3-6(7)5-15-9(12)13/h1-4,8H,5H2,(H3,12,13). The highest BCUT2D eigenvalue weighted by Gasteiger charge is 2.09. The van der Waals surface area contributed by atoms with Crippen LogP contribution in [-0.2, 0) is 5.75 Å². The summed E-state index contributed by atoms with van der Waals surface area (Å²) >= 11 is 1.06. The van der Waals surface area contributed by atoms with Crippen LogP contribution in [0, 0.1) is 5.41 Å². The molecule has 0 unspecified atom stereocenters. The molecule has 1 aromatic rings. The molecule has 1 rings (SSSR count). The molecular formula is C9H10F2N2OS. The molecule has 1 aromatic carbocycles. The third-order valence-corrected chi connectivity index (χ3v) is 2.34. The van der Waals surface area contributed by atoms with Crippen molar-refractivity contribution < 1.29 is 13.5 Å². The normalized spacial score (nSPS) is 10.3. The van der Waals surface area contributed by atoms with Gasteiger partial charge in [-0.15, -0.1) is 0 Å². The summed E-state index contributed by atoms with van der Waals surface area (Å²) in [4.78, 5) is 0. The monoisotopic (exact) mass is 232 g/mol. The second-order valence-corrected chi connectivity index (χ2v) is 3.66. The highest BCUT2D eigenvalue weighted by atomic mass is 32.2. The summed E-state index contributed by atoms with van der Waals surface area (Å²) in [5, 5.41) is 6.95. The van der Waals surface area contributed by atoms with Gasteiger partial charge in [0.05, 0.1) is 0 Å². The Kier molecular flexibility index (Phi) is 4.36. The SMILES string of the molecule is N=C(N)SCc1ccccc1OC(F)F. The summed E-state index contributed by atoms with van der Waals surface area (Å²) in [6, 6.07) is 6.45. The van der Waals surface area contributed by atoms with Gasteiger partial charge in [-0.05, 0) is 6.07 Å². The number of nitrogens with two attached hydrogens (primary N) is 1. The van der Waals surface area contributed by atoms with Crippen LogP contribution >= 0.6 is 11.8 Å². The number of thioether (sulfide) groups is 1. The van der Waals surface area contributed by atoms with E-state index < -0.39 is 6.61 Å². The quantitative estimate of drug-likeness (QED) is 0.619. The number of ether oxygens (including phenoxy) is 1. The molecule has 3 N–H and O–H groups in total. The van der Waals surface area contributed by atoms with E-state index in [4.69, 9.17) is 11.1 Å². The van der Waals surface area contributed by atoms with Crippen LogP contribution in [-0.4, -0.2) is 11.8 Å². The van der Waals surface area contributed by atoms with Gasteiger partial charge >= 0.3 is 6.61 Å². The van der Waals surface area contributed by atoms with Crippen LogP contribution in [0.15, 0.2) is 24.3 Å². The van der Waals surface area contributed by atoms with Crippen LogP contribution in [0.1, 0.15) is 5.56 Å². The first-order chi connectivity index (χ1) is 7.09. The van der Waals surface area contributed by atoms with Gasteiger partial charge in [0, 0.05) is 11.3 Å². The van der Waals surface area contributed by atoms with Crippen molar-refractivity contribution in [2.45, 2.75) is 12.4 Å². The lowest BCUT2D eigenvalue weighted by molar-refractivity contribution is -0.0503. The Morgan fingerprint density at radius 3 is 2.73 bits per heavy atom. The van der Waals surface area contributed by atoms with Gasteiger partial charge < -0.3 is 10.5 Å². The predicted octanol–water partition coefficient (Wildman–Crippen LogP) is 2.41. The van der Waals surface area contributed by atoms with E-state index in [0.717, 1.165) is 11.8 Å². The maximum atomic E-state index is 12.0. The average Bonchev–Trinajstić information content (AvgIpc) is 2.15. The molecule has 0 fully saturated rings. The zero-order valence-corrected chi connectivity index (χ0v) is 8.56. The molecule has 3 nitrogen and oxygen atoms in total. The van der Waals surface area contributed by atoms with Gasteiger partial charge in [-0.2, -0.15) is 8.78 Å². The van der Waals surface area contributed by atoms with E-state index >= 15 is 0 Å². The van der Waals surface area contributed by atoms with Gasteiger partial charge in [0.1, 0.15) is 5.75 Å². The number of hydrogen-bond acceptors (Lipinski definition) is 3. The van der Waals surface area contributed by atoms with Gasteiger partial charge in [0.15, 0.2) is 5.17 Å². The largest absolute Gasteiger partial charge is 0.435 e. The van der Waals surface area contributed by atoms with E-state index in [0.29, 0.717) is 11.3 Å². The Morgan fingerprint density at radius 1 is 1.47 bits per heavy atom. The molecule has 0 saturated heterocycles. The van der Waals surface area contributed by atoms with Gasteiger partial charge in [-0.3, -0.25) is 5.41 Å². The number of para-hydroxylation sites is 1. The van der Waals surface area contributed by atoms with Crippen molar-refractivity contribution >= 4 is 16.9 Å². The summed E-state index contributed by atoms with van der Waals surface area (Å²) in [6.45, 7) is -2.84. The molecule has 0 heterocycles. The summed E-state index contributed by atoms with van der Waals surface area (Å²) < 4.78 is 28.3. The Morgan fingerprint density at radius 2 is 2.13 bits per heavy atom. The minimum absolute atomic E-state index is 0.0538. The van der Waals surface area contributed by atoms with Gasteiger partial charge in [0.25, 0.3) is 0 Å². The number of rotatable bonds is 4. The van der Waals surface area contributed by atoms with Crippen molar-refractivity contribution in [1.29, 1.82) is 5.41 Å². The Balaban J connectivity index is 2.72. The number of amidine groups is 1. The number of alkyl halides is 2. The third-order valence-electron chi connectivity index (χ3n) is 1.57. The minimum Gasteiger partial charge on any atom is -0.435 e. The van der Waals surface area contributed by atoms with Crippen LogP contribution in [0.4, 0.5) is 8.78 Å². The fourth-order valence-corrected chi connectivity index (χ4v) is 1.54. The maximum Gasteiger partial charge on any atom is 0.387 e. The second kappa shape index (κ2) is 5.55. The van der Waals surface area contributed by atoms with Crippen molar-refractivity contribution in [3.8, 4) is 5.75 Å². The number of benzene rings is 1. The first-order valence-electron chi connectivity index (χ1n) is 4.09. The van der Waals surface area contributed by atoms with E-state index in [1.807, 2.05) is 0 Å². The maximum absolute atomic E-state index is 12.0. The van der Waals surface area contributed by atoms with Crippen molar-refractivity contribution in [3.05, 3.63) is 29.8 Å². The van der Waals surface area contributed by atoms with Crippen molar-refractivity contribution in [1.82, 2.24) is 0 Å². The lowest BCUT2D eigenvalue weighted by Crippen LogP contribution is -2.06. The molecule has 0 aliphatic heterocycles. The first kappa shape index (κ1) is 11.8. The molecule has 0 aromatic heterocycles. The van der Waals surface area contributed by atoms with E-state index in [1.165, 1.54) is 6.07 Å². The second-order valence-electron chi connectivity index (χ2n) is 2.64. The molecule has 82 valence electrons. The molecule has 15 heavy (non-hydrogen) atoms. The minimum atomic E-state index is -2.84. The zero-order chi connectivity index (χ0) is 11.3. The van der Waals surface area contributed by atoms with Crippen LogP contribution in [0.3, 0.4) is 0 Å². The summed E-state index contributed by atoms with van der Waals surface area (Å²) in [6.07, 6.45) is 0. The Bertz CT molecular complexity index is 347. The van der Waals surface area contributed by atoms with Crippen LogP contribution in [0.2, 0.25) is 0 Å². The molecule has 0 atom stereocenters. The fraction of sp³-hybridized carbons (Fsp3) is 0.222. The van der Waals surface area contributed by atoms with Gasteiger partial charge in [0.2, 0.25) is 0 Å². The molecule has 0 aliphatic rings. The summed E-state index contributed by atoms with van der Waals surface area (Å²) in [7, 11) is 0. The molecule has 0 bridgehead atoms. The highest BCUT2D eigenvalue weighted by molar-refractivity contribution is 8.13.